The lowest BCUT2D eigenvalue weighted by Gasteiger charge is -2.16. The molecule has 2 atom stereocenters. The summed E-state index contributed by atoms with van der Waals surface area (Å²) in [6, 6.07) is 13.9. The van der Waals surface area contributed by atoms with E-state index < -0.39 is 10.8 Å². The zero-order valence-electron chi connectivity index (χ0n) is 16.8. The second kappa shape index (κ2) is 10.1. The Balaban J connectivity index is 1.50. The van der Waals surface area contributed by atoms with Crippen LogP contribution in [0.3, 0.4) is 0 Å². The zero-order valence-corrected chi connectivity index (χ0v) is 17.7. The minimum Gasteiger partial charge on any atom is -0.299 e. The molecule has 28 heavy (non-hydrogen) atoms. The Hall–Kier alpha value is -1.85. The normalized spacial score (nSPS) is 18.5. The highest BCUT2D eigenvalue weighted by atomic mass is 32.2. The molecular formula is C23H30N2O2S. The van der Waals surface area contributed by atoms with Crippen LogP contribution in [0.4, 0.5) is 0 Å². The first-order valence-electron chi connectivity index (χ1n) is 10.1. The van der Waals surface area contributed by atoms with E-state index in [-0.39, 0.29) is 5.92 Å². The second-order valence-electron chi connectivity index (χ2n) is 8.06. The molecule has 3 rings (SSSR count). The quantitative estimate of drug-likeness (QED) is 0.643. The van der Waals surface area contributed by atoms with Crippen LogP contribution < -0.4 is 0 Å². The maximum Gasteiger partial charge on any atom is 0.137 e. The number of carbonyl (C=O) groups is 1. The summed E-state index contributed by atoms with van der Waals surface area (Å²) in [5, 5.41) is 0. The molecule has 0 amide bonds. The van der Waals surface area contributed by atoms with Crippen LogP contribution in [0.15, 0.2) is 53.6 Å². The van der Waals surface area contributed by atoms with Gasteiger partial charge in [-0.25, -0.2) is 0 Å². The Morgan fingerprint density at radius 1 is 1.25 bits per heavy atom. The molecule has 1 aliphatic heterocycles. The Bertz CT molecular complexity index is 807. The van der Waals surface area contributed by atoms with Gasteiger partial charge in [0.1, 0.15) is 5.78 Å². The Morgan fingerprint density at radius 2 is 2.11 bits per heavy atom. The average Bonchev–Trinajstić information content (AvgIpc) is 3.15. The van der Waals surface area contributed by atoms with Gasteiger partial charge in [0, 0.05) is 48.0 Å². The molecule has 0 spiro atoms. The number of nitrogens with zero attached hydrogens (tertiary/aromatic N) is 2. The number of benzene rings is 1. The van der Waals surface area contributed by atoms with Gasteiger partial charge in [0.15, 0.2) is 0 Å². The van der Waals surface area contributed by atoms with Crippen molar-refractivity contribution in [2.24, 2.45) is 11.8 Å². The third-order valence-corrected chi connectivity index (χ3v) is 6.88. The third-order valence-electron chi connectivity index (χ3n) is 5.13. The molecule has 1 saturated heterocycles. The van der Waals surface area contributed by atoms with Gasteiger partial charge >= 0.3 is 0 Å². The van der Waals surface area contributed by atoms with Gasteiger partial charge in [0.2, 0.25) is 0 Å². The predicted molar refractivity (Wildman–Crippen MR) is 114 cm³/mol. The number of hydrogen-bond donors (Lipinski definition) is 0. The fraction of sp³-hybridized carbons (Fsp3) is 0.478. The summed E-state index contributed by atoms with van der Waals surface area (Å²) in [5.74, 6) is 1.59. The average molecular weight is 399 g/mol. The summed E-state index contributed by atoms with van der Waals surface area (Å²) in [6.07, 6.45) is 4.00. The molecule has 1 fully saturated rings. The highest BCUT2D eigenvalue weighted by Gasteiger charge is 2.27. The summed E-state index contributed by atoms with van der Waals surface area (Å²) in [5.41, 5.74) is 2.16. The number of hydrogen-bond acceptors (Lipinski definition) is 4. The van der Waals surface area contributed by atoms with E-state index in [9.17, 15) is 9.00 Å². The van der Waals surface area contributed by atoms with Gasteiger partial charge < -0.3 is 0 Å². The predicted octanol–water partition coefficient (Wildman–Crippen LogP) is 3.87. The molecular weight excluding hydrogens is 368 g/mol. The van der Waals surface area contributed by atoms with E-state index >= 15 is 0 Å². The number of rotatable bonds is 9. The lowest BCUT2D eigenvalue weighted by molar-refractivity contribution is -0.122. The van der Waals surface area contributed by atoms with Gasteiger partial charge in [-0.15, -0.1) is 0 Å². The van der Waals surface area contributed by atoms with E-state index in [1.165, 1.54) is 5.56 Å². The molecule has 2 heterocycles. The molecule has 2 unspecified atom stereocenters. The molecule has 1 aliphatic rings. The van der Waals surface area contributed by atoms with E-state index in [2.05, 4.69) is 35.9 Å². The summed E-state index contributed by atoms with van der Waals surface area (Å²) < 4.78 is 12.4. The van der Waals surface area contributed by atoms with Crippen LogP contribution >= 0.6 is 0 Å². The largest absolute Gasteiger partial charge is 0.299 e. The number of pyridine rings is 1. The topological polar surface area (TPSA) is 50.3 Å². The molecule has 0 radical (unpaired) electrons. The first-order chi connectivity index (χ1) is 13.5. The molecule has 5 heteroatoms. The van der Waals surface area contributed by atoms with E-state index in [1.54, 1.807) is 6.20 Å². The number of Topliss-reactive ketones (excluding diaryl/α,β-unsaturated/α-hetero) is 1. The van der Waals surface area contributed by atoms with Crippen LogP contribution in [-0.2, 0) is 28.6 Å². The first kappa shape index (κ1) is 20.9. The van der Waals surface area contributed by atoms with Crippen molar-refractivity contribution in [3.63, 3.8) is 0 Å². The van der Waals surface area contributed by atoms with Crippen molar-refractivity contribution in [2.75, 3.05) is 18.8 Å². The monoisotopic (exact) mass is 398 g/mol. The van der Waals surface area contributed by atoms with E-state index in [0.29, 0.717) is 23.9 Å². The summed E-state index contributed by atoms with van der Waals surface area (Å²) in [4.78, 5) is 20.1. The van der Waals surface area contributed by atoms with Gasteiger partial charge in [0.25, 0.3) is 0 Å². The smallest absolute Gasteiger partial charge is 0.137 e. The lowest BCUT2D eigenvalue weighted by atomic mass is 9.99. The number of aromatic nitrogens is 1. The molecule has 1 aromatic heterocycles. The van der Waals surface area contributed by atoms with Crippen molar-refractivity contribution in [3.05, 3.63) is 59.9 Å². The van der Waals surface area contributed by atoms with E-state index in [1.807, 2.05) is 30.3 Å². The van der Waals surface area contributed by atoms with Crippen LogP contribution in [0.2, 0.25) is 0 Å². The summed E-state index contributed by atoms with van der Waals surface area (Å²) in [6.45, 7) is 6.77. The van der Waals surface area contributed by atoms with Gasteiger partial charge in [-0.05, 0) is 55.1 Å². The van der Waals surface area contributed by atoms with Crippen LogP contribution in [0.5, 0.6) is 0 Å². The summed E-state index contributed by atoms with van der Waals surface area (Å²) in [7, 11) is -0.941. The van der Waals surface area contributed by atoms with Gasteiger partial charge in [-0.2, -0.15) is 0 Å². The molecule has 2 aromatic rings. The highest BCUT2D eigenvalue weighted by Crippen LogP contribution is 2.22. The van der Waals surface area contributed by atoms with Gasteiger partial charge in [-0.3, -0.25) is 18.9 Å². The maximum absolute atomic E-state index is 12.6. The van der Waals surface area contributed by atoms with E-state index in [0.717, 1.165) is 43.1 Å². The standard InChI is InChI=1S/C23H30N2O2S/c1-18(2)17-28(27)22-8-5-6-19(14-22)15-25-13-11-20(16-25)23(26)10-9-21-7-3-4-12-24-21/h3-8,12,14,18,20H,9-11,13,15-17H2,1-2H3. The Labute approximate surface area is 170 Å². The highest BCUT2D eigenvalue weighted by molar-refractivity contribution is 7.85. The SMILES string of the molecule is CC(C)CS(=O)c1cccc(CN2CCC(C(=O)CCc3ccccn3)C2)c1. The number of carbonyl (C=O) groups excluding carboxylic acids is 1. The Morgan fingerprint density at radius 3 is 2.86 bits per heavy atom. The molecule has 0 saturated carbocycles. The Kier molecular flexibility index (Phi) is 7.51. The fourth-order valence-corrected chi connectivity index (χ4v) is 4.99. The first-order valence-corrected chi connectivity index (χ1v) is 11.5. The van der Waals surface area contributed by atoms with Crippen molar-refractivity contribution >= 4 is 16.6 Å². The van der Waals surface area contributed by atoms with Crippen LogP contribution in [0.25, 0.3) is 0 Å². The second-order valence-corrected chi connectivity index (χ2v) is 9.56. The van der Waals surface area contributed by atoms with Crippen LogP contribution in [0.1, 0.15) is 37.9 Å². The van der Waals surface area contributed by atoms with Crippen molar-refractivity contribution < 1.29 is 9.00 Å². The zero-order chi connectivity index (χ0) is 19.9. The van der Waals surface area contributed by atoms with Crippen molar-refractivity contribution in [1.29, 1.82) is 0 Å². The minimum atomic E-state index is -0.941. The van der Waals surface area contributed by atoms with E-state index in [4.69, 9.17) is 0 Å². The fourth-order valence-electron chi connectivity index (χ4n) is 3.68. The maximum atomic E-state index is 12.6. The minimum absolute atomic E-state index is 0.127. The van der Waals surface area contributed by atoms with Gasteiger partial charge in [-0.1, -0.05) is 32.0 Å². The molecule has 4 nitrogen and oxygen atoms in total. The lowest BCUT2D eigenvalue weighted by Crippen LogP contribution is -2.23. The van der Waals surface area contributed by atoms with Crippen molar-refractivity contribution in [3.8, 4) is 0 Å². The molecule has 1 aromatic carbocycles. The number of aryl methyl sites for hydroxylation is 1. The molecule has 150 valence electrons. The number of ketones is 1. The molecule has 0 bridgehead atoms. The van der Waals surface area contributed by atoms with Crippen molar-refractivity contribution in [2.45, 2.75) is 44.6 Å². The van der Waals surface area contributed by atoms with Crippen LogP contribution in [0, 0.1) is 11.8 Å². The molecule has 0 N–H and O–H groups in total. The van der Waals surface area contributed by atoms with Crippen molar-refractivity contribution in [1.82, 2.24) is 9.88 Å². The number of likely N-dealkylation sites (tertiary alicyclic amines) is 1. The molecule has 0 aliphatic carbocycles. The third kappa shape index (κ3) is 6.08. The van der Waals surface area contributed by atoms with Gasteiger partial charge in [0.05, 0.1) is 10.8 Å². The van der Waals surface area contributed by atoms with Crippen LogP contribution in [-0.4, -0.2) is 38.7 Å². The summed E-state index contributed by atoms with van der Waals surface area (Å²) >= 11 is 0.